The predicted molar refractivity (Wildman–Crippen MR) is 112 cm³/mol. The lowest BCUT2D eigenvalue weighted by Gasteiger charge is -2.14. The Hall–Kier alpha value is -3.83. The van der Waals surface area contributed by atoms with Crippen molar-refractivity contribution in [2.24, 2.45) is 0 Å². The molecule has 1 atom stereocenters. The summed E-state index contributed by atoms with van der Waals surface area (Å²) >= 11 is 0. The highest BCUT2D eigenvalue weighted by atomic mass is 16.5. The lowest BCUT2D eigenvalue weighted by atomic mass is 9.98. The van der Waals surface area contributed by atoms with Crippen LogP contribution in [0.15, 0.2) is 48.5 Å². The zero-order valence-corrected chi connectivity index (χ0v) is 16.6. The molecule has 0 aromatic heterocycles. The maximum Gasteiger partial charge on any atom is 0.407 e. The second kappa shape index (κ2) is 10.3. The van der Waals surface area contributed by atoms with Gasteiger partial charge in [0, 0.05) is 18.9 Å². The van der Waals surface area contributed by atoms with Crippen molar-refractivity contribution < 1.29 is 29.3 Å². The molecule has 0 spiro atoms. The summed E-state index contributed by atoms with van der Waals surface area (Å²) in [5.74, 6) is 2.49. The van der Waals surface area contributed by atoms with Crippen molar-refractivity contribution in [2.45, 2.75) is 18.4 Å². The Morgan fingerprint density at radius 1 is 1.03 bits per heavy atom. The number of carbonyl (C=O) groups is 3. The van der Waals surface area contributed by atoms with Crippen LogP contribution in [0.3, 0.4) is 0 Å². The molecule has 0 saturated carbocycles. The van der Waals surface area contributed by atoms with Gasteiger partial charge in [-0.2, -0.15) is 0 Å². The average molecular weight is 422 g/mol. The molecule has 2 aromatic rings. The van der Waals surface area contributed by atoms with E-state index >= 15 is 0 Å². The van der Waals surface area contributed by atoms with Crippen LogP contribution in [0.4, 0.5) is 4.79 Å². The average Bonchev–Trinajstić information content (AvgIpc) is 3.09. The second-order valence-electron chi connectivity index (χ2n) is 6.86. The van der Waals surface area contributed by atoms with Gasteiger partial charge in [0.1, 0.15) is 12.6 Å². The minimum atomic E-state index is -1.26. The van der Waals surface area contributed by atoms with Gasteiger partial charge in [-0.3, -0.25) is 4.79 Å². The minimum Gasteiger partial charge on any atom is -0.480 e. The Morgan fingerprint density at radius 2 is 1.65 bits per heavy atom. The van der Waals surface area contributed by atoms with Crippen LogP contribution in [0.2, 0.25) is 0 Å². The molecule has 0 radical (unpaired) electrons. The number of alkyl carbamates (subject to hydrolysis) is 1. The maximum atomic E-state index is 12.0. The monoisotopic (exact) mass is 422 g/mol. The summed E-state index contributed by atoms with van der Waals surface area (Å²) in [4.78, 5) is 34.6. The third-order valence-electron chi connectivity index (χ3n) is 4.89. The molecule has 2 aromatic carbocycles. The van der Waals surface area contributed by atoms with E-state index in [9.17, 15) is 14.4 Å². The van der Waals surface area contributed by atoms with E-state index in [4.69, 9.17) is 14.9 Å². The van der Waals surface area contributed by atoms with Crippen molar-refractivity contribution in [1.29, 1.82) is 0 Å². The molecule has 0 heterocycles. The molecule has 31 heavy (non-hydrogen) atoms. The van der Waals surface area contributed by atoms with Gasteiger partial charge in [0.15, 0.2) is 0 Å². The van der Waals surface area contributed by atoms with Crippen molar-refractivity contribution in [3.05, 3.63) is 59.7 Å². The fourth-order valence-corrected chi connectivity index (χ4v) is 3.47. The van der Waals surface area contributed by atoms with Gasteiger partial charge in [-0.15, -0.1) is 0 Å². The molecule has 0 saturated heterocycles. The quantitative estimate of drug-likeness (QED) is 0.501. The number of hydrogen-bond donors (Lipinski definition) is 4. The fourth-order valence-electron chi connectivity index (χ4n) is 3.47. The predicted octanol–water partition coefficient (Wildman–Crippen LogP) is 1.48. The van der Waals surface area contributed by atoms with Crippen LogP contribution in [0.5, 0.6) is 0 Å². The number of rotatable bonds is 7. The van der Waals surface area contributed by atoms with E-state index in [1.165, 1.54) is 0 Å². The topological polar surface area (TPSA) is 125 Å². The molecule has 1 unspecified atom stereocenters. The minimum absolute atomic E-state index is 0.0607. The van der Waals surface area contributed by atoms with Gasteiger partial charge < -0.3 is 25.6 Å². The zero-order chi connectivity index (χ0) is 22.2. The molecule has 1 aliphatic rings. The number of aliphatic carboxylic acids is 1. The lowest BCUT2D eigenvalue weighted by molar-refractivity contribution is -0.141. The van der Waals surface area contributed by atoms with E-state index in [0.29, 0.717) is 0 Å². The summed E-state index contributed by atoms with van der Waals surface area (Å²) in [5.41, 5.74) is 4.46. The third-order valence-corrected chi connectivity index (χ3v) is 4.89. The standard InChI is InChI=1S/C23H22N2O6/c26-13-11-20(22(28)29)25-21(27)10-5-12-24-23(30)31-14-19-17-8-3-1-6-15(17)16-7-2-4-9-18(16)19/h1-4,6-9,19-20,26H,11-14H2,(H,24,30)(H,25,27)(H,28,29). The molecule has 8 nitrogen and oxygen atoms in total. The van der Waals surface area contributed by atoms with E-state index in [2.05, 4.69) is 22.5 Å². The van der Waals surface area contributed by atoms with Gasteiger partial charge in [0.2, 0.25) is 0 Å². The number of amides is 2. The van der Waals surface area contributed by atoms with Gasteiger partial charge >= 0.3 is 12.1 Å². The number of carboxylic acids is 1. The van der Waals surface area contributed by atoms with Gasteiger partial charge in [0.25, 0.3) is 5.91 Å². The summed E-state index contributed by atoms with van der Waals surface area (Å²) in [6, 6.07) is 14.8. The molecule has 0 fully saturated rings. The molecule has 1 aliphatic carbocycles. The number of benzene rings is 2. The van der Waals surface area contributed by atoms with Crippen LogP contribution in [-0.4, -0.2) is 54.0 Å². The molecule has 3 rings (SSSR count). The highest BCUT2D eigenvalue weighted by Crippen LogP contribution is 2.44. The highest BCUT2D eigenvalue weighted by molar-refractivity contribution is 5.96. The number of ether oxygens (including phenoxy) is 1. The van der Waals surface area contributed by atoms with Crippen molar-refractivity contribution >= 4 is 18.0 Å². The molecule has 8 heteroatoms. The first-order valence-corrected chi connectivity index (χ1v) is 9.73. The van der Waals surface area contributed by atoms with Crippen molar-refractivity contribution in [1.82, 2.24) is 10.6 Å². The molecule has 0 aliphatic heterocycles. The van der Waals surface area contributed by atoms with E-state index < -0.39 is 24.0 Å². The number of carboxylic acid groups (broad SMARTS) is 1. The first-order valence-electron chi connectivity index (χ1n) is 9.73. The van der Waals surface area contributed by atoms with Crippen molar-refractivity contribution in [3.63, 3.8) is 0 Å². The Balaban J connectivity index is 1.49. The molecular formula is C23H22N2O6. The largest absolute Gasteiger partial charge is 0.480 e. The van der Waals surface area contributed by atoms with E-state index in [1.54, 1.807) is 0 Å². The van der Waals surface area contributed by atoms with Crippen molar-refractivity contribution in [2.75, 3.05) is 19.8 Å². The summed E-state index contributed by atoms with van der Waals surface area (Å²) in [7, 11) is 0. The number of aliphatic hydroxyl groups excluding tert-OH is 1. The Labute approximate surface area is 179 Å². The second-order valence-corrected chi connectivity index (χ2v) is 6.86. The first-order chi connectivity index (χ1) is 15.0. The van der Waals surface area contributed by atoms with Crippen LogP contribution in [0, 0.1) is 11.8 Å². The lowest BCUT2D eigenvalue weighted by Crippen LogP contribution is -2.40. The number of hydrogen-bond acceptors (Lipinski definition) is 5. The van der Waals surface area contributed by atoms with Gasteiger partial charge in [-0.1, -0.05) is 54.5 Å². The van der Waals surface area contributed by atoms with Gasteiger partial charge in [0.05, 0.1) is 6.54 Å². The van der Waals surface area contributed by atoms with Gasteiger partial charge in [-0.05, 0) is 28.2 Å². The molecule has 160 valence electrons. The molecule has 4 N–H and O–H groups in total. The van der Waals surface area contributed by atoms with E-state index in [1.807, 2.05) is 48.5 Å². The number of fused-ring (bicyclic) bond motifs is 3. The van der Waals surface area contributed by atoms with Crippen LogP contribution < -0.4 is 10.6 Å². The summed E-state index contributed by atoms with van der Waals surface area (Å²) in [6.07, 6.45) is -0.791. The number of aliphatic hydroxyl groups is 1. The summed E-state index contributed by atoms with van der Waals surface area (Å²) in [5, 5.41) is 22.3. The highest BCUT2D eigenvalue weighted by Gasteiger charge is 2.28. The first kappa shape index (κ1) is 21.9. The van der Waals surface area contributed by atoms with Crippen LogP contribution in [0.25, 0.3) is 11.1 Å². The van der Waals surface area contributed by atoms with E-state index in [0.717, 1.165) is 22.3 Å². The molecular weight excluding hydrogens is 400 g/mol. The van der Waals surface area contributed by atoms with Crippen LogP contribution in [0.1, 0.15) is 23.5 Å². The number of carbonyl (C=O) groups excluding carboxylic acids is 2. The Kier molecular flexibility index (Phi) is 7.25. The van der Waals surface area contributed by atoms with Gasteiger partial charge in [-0.25, -0.2) is 9.59 Å². The molecule has 2 amide bonds. The van der Waals surface area contributed by atoms with E-state index in [-0.39, 0.29) is 32.1 Å². The maximum absolute atomic E-state index is 12.0. The molecule has 0 bridgehead atoms. The third kappa shape index (κ3) is 5.41. The van der Waals surface area contributed by atoms with Crippen LogP contribution >= 0.6 is 0 Å². The summed E-state index contributed by atoms with van der Waals surface area (Å²) < 4.78 is 5.35. The normalized spacial score (nSPS) is 12.5. The SMILES string of the molecule is O=C(C#CCNC(=O)OCC1c2ccccc2-c2ccccc21)NC(CCO)C(=O)O. The summed E-state index contributed by atoms with van der Waals surface area (Å²) in [6.45, 7) is -0.356. The Morgan fingerprint density at radius 3 is 2.23 bits per heavy atom. The van der Waals surface area contributed by atoms with Crippen LogP contribution in [-0.2, 0) is 14.3 Å². The Bertz CT molecular complexity index is 994. The van der Waals surface area contributed by atoms with Crippen molar-refractivity contribution in [3.8, 4) is 23.0 Å². The zero-order valence-electron chi connectivity index (χ0n) is 16.6. The fraction of sp³-hybridized carbons (Fsp3) is 0.261. The number of nitrogens with one attached hydrogen (secondary N) is 2. The smallest absolute Gasteiger partial charge is 0.407 e.